The Kier molecular flexibility index (Phi) is 3.44. The molecule has 0 radical (unpaired) electrons. The molecule has 0 bridgehead atoms. The van der Waals surface area contributed by atoms with Crippen LogP contribution >= 0.6 is 0 Å². The van der Waals surface area contributed by atoms with Gasteiger partial charge in [-0.1, -0.05) is 6.07 Å². The topological polar surface area (TPSA) is 83.5 Å². The molecule has 88 valence electrons. The van der Waals surface area contributed by atoms with Crippen molar-refractivity contribution in [2.24, 2.45) is 5.73 Å². The third-order valence-electron chi connectivity index (χ3n) is 2.14. The summed E-state index contributed by atoms with van der Waals surface area (Å²) < 4.78 is 24.8. The Labute approximate surface area is 90.3 Å². The molecule has 16 heavy (non-hydrogen) atoms. The lowest BCUT2D eigenvalue weighted by atomic mass is 10.00. The molecular weight excluding hydrogens is 220 g/mol. The van der Waals surface area contributed by atoms with E-state index in [9.17, 15) is 18.7 Å². The van der Waals surface area contributed by atoms with Crippen LogP contribution in [0.15, 0.2) is 12.1 Å². The number of carboxylic acids is 1. The summed E-state index contributed by atoms with van der Waals surface area (Å²) in [6, 6.07) is 0.746. The number of carboxylic acid groups (broad SMARTS) is 1. The Morgan fingerprint density at radius 1 is 1.44 bits per heavy atom. The average molecular weight is 231 g/mol. The van der Waals surface area contributed by atoms with Crippen molar-refractivity contribution in [3.8, 4) is 5.75 Å². The third kappa shape index (κ3) is 2.27. The van der Waals surface area contributed by atoms with Gasteiger partial charge in [-0.05, 0) is 18.6 Å². The minimum Gasteiger partial charge on any atom is -0.507 e. The molecule has 1 atom stereocenters. The molecule has 0 aliphatic carbocycles. The standard InChI is InChI=1S/C10H11F2NO3/c1-4-2-5(7(13)9(11)12)8(14)6(3-4)10(15)16/h2-3,7,9,14H,13H2,1H3,(H,15,16)/t7-/m1/s1. The van der Waals surface area contributed by atoms with E-state index in [2.05, 4.69) is 0 Å². The number of halogens is 2. The Balaban J connectivity index is 3.35. The normalized spacial score (nSPS) is 12.8. The second-order valence-electron chi connectivity index (χ2n) is 3.42. The maximum atomic E-state index is 12.4. The third-order valence-corrected chi connectivity index (χ3v) is 2.14. The minimum atomic E-state index is -2.87. The number of aromatic hydroxyl groups is 1. The molecule has 1 rings (SSSR count). The van der Waals surface area contributed by atoms with Gasteiger partial charge in [-0.25, -0.2) is 13.6 Å². The van der Waals surface area contributed by atoms with Gasteiger partial charge in [0.2, 0.25) is 0 Å². The van der Waals surface area contributed by atoms with E-state index in [0.717, 1.165) is 0 Å². The number of rotatable bonds is 3. The van der Waals surface area contributed by atoms with Crippen molar-refractivity contribution in [3.63, 3.8) is 0 Å². The van der Waals surface area contributed by atoms with Crippen LogP contribution in [-0.2, 0) is 0 Å². The van der Waals surface area contributed by atoms with Gasteiger partial charge in [-0.15, -0.1) is 0 Å². The van der Waals surface area contributed by atoms with Crippen molar-refractivity contribution in [2.75, 3.05) is 0 Å². The number of carbonyl (C=O) groups is 1. The molecule has 0 saturated heterocycles. The van der Waals surface area contributed by atoms with Gasteiger partial charge in [0.05, 0.1) is 6.04 Å². The van der Waals surface area contributed by atoms with Gasteiger partial charge in [0.1, 0.15) is 11.3 Å². The van der Waals surface area contributed by atoms with E-state index in [-0.39, 0.29) is 5.56 Å². The van der Waals surface area contributed by atoms with Crippen molar-refractivity contribution in [2.45, 2.75) is 19.4 Å². The molecule has 0 amide bonds. The predicted octanol–water partition coefficient (Wildman–Crippen LogP) is 1.66. The zero-order valence-electron chi connectivity index (χ0n) is 8.45. The van der Waals surface area contributed by atoms with Gasteiger partial charge < -0.3 is 15.9 Å². The average Bonchev–Trinajstić information content (AvgIpc) is 2.19. The van der Waals surface area contributed by atoms with Gasteiger partial charge >= 0.3 is 5.97 Å². The van der Waals surface area contributed by atoms with Gasteiger partial charge in [0.15, 0.2) is 0 Å². The fourth-order valence-electron chi connectivity index (χ4n) is 1.36. The van der Waals surface area contributed by atoms with Crippen molar-refractivity contribution < 1.29 is 23.8 Å². The molecule has 0 aromatic heterocycles. The molecule has 0 aliphatic rings. The first-order valence-electron chi connectivity index (χ1n) is 4.45. The lowest BCUT2D eigenvalue weighted by molar-refractivity contribution is 0.0692. The van der Waals surface area contributed by atoms with Crippen LogP contribution in [0.25, 0.3) is 0 Å². The number of hydrogen-bond acceptors (Lipinski definition) is 3. The van der Waals surface area contributed by atoms with Crippen LogP contribution in [0, 0.1) is 6.92 Å². The van der Waals surface area contributed by atoms with E-state index in [0.29, 0.717) is 5.56 Å². The molecule has 4 nitrogen and oxygen atoms in total. The highest BCUT2D eigenvalue weighted by Gasteiger charge is 2.24. The van der Waals surface area contributed by atoms with Crippen LogP contribution < -0.4 is 5.73 Å². The number of aryl methyl sites for hydroxylation is 1. The Hall–Kier alpha value is -1.69. The van der Waals surface area contributed by atoms with E-state index in [1.165, 1.54) is 19.1 Å². The van der Waals surface area contributed by atoms with E-state index < -0.39 is 29.7 Å². The molecule has 0 heterocycles. The molecule has 0 fully saturated rings. The summed E-state index contributed by atoms with van der Waals surface area (Å²) in [7, 11) is 0. The highest BCUT2D eigenvalue weighted by atomic mass is 19.3. The van der Waals surface area contributed by atoms with Crippen LogP contribution in [0.3, 0.4) is 0 Å². The Morgan fingerprint density at radius 2 is 2.00 bits per heavy atom. The van der Waals surface area contributed by atoms with Gasteiger partial charge in [-0.2, -0.15) is 0 Å². The molecule has 0 saturated carbocycles. The highest BCUT2D eigenvalue weighted by molar-refractivity contribution is 5.91. The SMILES string of the molecule is Cc1cc(C(=O)O)c(O)c([C@@H](N)C(F)F)c1. The molecule has 6 heteroatoms. The first kappa shape index (κ1) is 12.4. The van der Waals surface area contributed by atoms with E-state index in [4.69, 9.17) is 10.8 Å². The zero-order valence-corrected chi connectivity index (χ0v) is 8.45. The van der Waals surface area contributed by atoms with Gasteiger partial charge in [0.25, 0.3) is 6.43 Å². The molecule has 0 spiro atoms. The highest BCUT2D eigenvalue weighted by Crippen LogP contribution is 2.31. The molecular formula is C10H11F2NO3. The summed E-state index contributed by atoms with van der Waals surface area (Å²) >= 11 is 0. The monoisotopic (exact) mass is 231 g/mol. The van der Waals surface area contributed by atoms with E-state index >= 15 is 0 Å². The molecule has 4 N–H and O–H groups in total. The summed E-state index contributed by atoms with van der Waals surface area (Å²) in [5.74, 6) is -2.09. The second kappa shape index (κ2) is 4.44. The maximum Gasteiger partial charge on any atom is 0.339 e. The molecule has 0 unspecified atom stereocenters. The van der Waals surface area contributed by atoms with Crippen molar-refractivity contribution >= 4 is 5.97 Å². The van der Waals surface area contributed by atoms with Crippen molar-refractivity contribution in [1.29, 1.82) is 0 Å². The Bertz CT molecular complexity index is 421. The predicted molar refractivity (Wildman–Crippen MR) is 52.7 cm³/mol. The molecule has 1 aromatic carbocycles. The lowest BCUT2D eigenvalue weighted by Gasteiger charge is -2.15. The zero-order chi connectivity index (χ0) is 12.5. The van der Waals surface area contributed by atoms with E-state index in [1.807, 2.05) is 0 Å². The lowest BCUT2D eigenvalue weighted by Crippen LogP contribution is -2.20. The first-order chi connectivity index (χ1) is 7.34. The van der Waals surface area contributed by atoms with Crippen LogP contribution in [0.1, 0.15) is 27.5 Å². The smallest absolute Gasteiger partial charge is 0.339 e. The number of phenols is 1. The summed E-state index contributed by atoms with van der Waals surface area (Å²) in [5, 5.41) is 18.3. The number of hydrogen-bond donors (Lipinski definition) is 3. The summed E-state index contributed by atoms with van der Waals surface area (Å²) in [6.07, 6.45) is -2.87. The fourth-order valence-corrected chi connectivity index (χ4v) is 1.36. The number of aromatic carboxylic acids is 1. The summed E-state index contributed by atoms with van der Waals surface area (Å²) in [5.41, 5.74) is 4.94. The van der Waals surface area contributed by atoms with Crippen molar-refractivity contribution in [1.82, 2.24) is 0 Å². The number of alkyl halides is 2. The van der Waals surface area contributed by atoms with Crippen LogP contribution in [0.4, 0.5) is 8.78 Å². The molecule has 1 aromatic rings. The van der Waals surface area contributed by atoms with Gasteiger partial charge in [-0.3, -0.25) is 0 Å². The number of benzene rings is 1. The summed E-state index contributed by atoms with van der Waals surface area (Å²) in [4.78, 5) is 10.7. The fraction of sp³-hybridized carbons (Fsp3) is 0.300. The second-order valence-corrected chi connectivity index (χ2v) is 3.42. The van der Waals surface area contributed by atoms with Crippen LogP contribution in [0.5, 0.6) is 5.75 Å². The Morgan fingerprint density at radius 3 is 2.44 bits per heavy atom. The quantitative estimate of drug-likeness (QED) is 0.738. The van der Waals surface area contributed by atoms with Crippen LogP contribution in [-0.4, -0.2) is 22.6 Å². The van der Waals surface area contributed by atoms with Crippen LogP contribution in [0.2, 0.25) is 0 Å². The van der Waals surface area contributed by atoms with Gasteiger partial charge in [0, 0.05) is 5.56 Å². The largest absolute Gasteiger partial charge is 0.507 e. The number of nitrogens with two attached hydrogens (primary N) is 1. The van der Waals surface area contributed by atoms with Crippen molar-refractivity contribution in [3.05, 3.63) is 28.8 Å². The first-order valence-corrected chi connectivity index (χ1v) is 4.45. The maximum absolute atomic E-state index is 12.4. The minimum absolute atomic E-state index is 0.257. The molecule has 0 aliphatic heterocycles. The van der Waals surface area contributed by atoms with E-state index in [1.54, 1.807) is 0 Å². The summed E-state index contributed by atoms with van der Waals surface area (Å²) in [6.45, 7) is 1.54.